The maximum atomic E-state index is 11.8. The predicted molar refractivity (Wildman–Crippen MR) is 99.1 cm³/mol. The van der Waals surface area contributed by atoms with Crippen LogP contribution in [0.1, 0.15) is 10.4 Å². The van der Waals surface area contributed by atoms with Crippen LogP contribution in [0.2, 0.25) is 0 Å². The summed E-state index contributed by atoms with van der Waals surface area (Å²) in [4.78, 5) is 19.7. The lowest BCUT2D eigenvalue weighted by Crippen LogP contribution is -2.01. The number of para-hydroxylation sites is 1. The average molecular weight is 348 g/mol. The van der Waals surface area contributed by atoms with Crippen LogP contribution >= 0.6 is 0 Å². The molecule has 2 heterocycles. The lowest BCUT2D eigenvalue weighted by molar-refractivity contribution is 0.0699. The first-order valence-electron chi connectivity index (χ1n) is 7.99. The molecule has 0 aliphatic heterocycles. The molecule has 130 valence electrons. The Morgan fingerprint density at radius 2 is 1.77 bits per heavy atom. The molecule has 0 spiro atoms. The van der Waals surface area contributed by atoms with Crippen molar-refractivity contribution in [1.82, 2.24) is 9.97 Å². The van der Waals surface area contributed by atoms with Gasteiger partial charge in [0.25, 0.3) is 0 Å². The fourth-order valence-electron chi connectivity index (χ4n) is 3.15. The molecule has 4 aromatic rings. The number of fused-ring (bicyclic) bond motifs is 2. The minimum Gasteiger partial charge on any atom is -0.493 e. The number of carboxylic acid groups (broad SMARTS) is 1. The fourth-order valence-corrected chi connectivity index (χ4v) is 3.15. The molecule has 0 aliphatic carbocycles. The van der Waals surface area contributed by atoms with Crippen LogP contribution in [0.5, 0.6) is 11.5 Å². The summed E-state index contributed by atoms with van der Waals surface area (Å²) in [6.07, 6.45) is 1.84. The zero-order valence-corrected chi connectivity index (χ0v) is 14.2. The van der Waals surface area contributed by atoms with Crippen molar-refractivity contribution in [1.29, 1.82) is 0 Å². The van der Waals surface area contributed by atoms with E-state index >= 15 is 0 Å². The molecule has 2 aromatic heterocycles. The van der Waals surface area contributed by atoms with Crippen LogP contribution in [-0.4, -0.2) is 35.3 Å². The number of nitrogens with one attached hydrogen (secondary N) is 1. The molecular weight excluding hydrogens is 332 g/mol. The number of ether oxygens (including phenoxy) is 2. The summed E-state index contributed by atoms with van der Waals surface area (Å²) < 4.78 is 10.6. The van der Waals surface area contributed by atoms with Gasteiger partial charge in [-0.15, -0.1) is 0 Å². The van der Waals surface area contributed by atoms with Gasteiger partial charge >= 0.3 is 5.97 Å². The Bertz CT molecular complexity index is 1150. The van der Waals surface area contributed by atoms with E-state index < -0.39 is 5.97 Å². The number of carboxylic acids is 1. The number of H-pyrrole nitrogens is 1. The van der Waals surface area contributed by atoms with E-state index in [-0.39, 0.29) is 5.56 Å². The Morgan fingerprint density at radius 3 is 2.50 bits per heavy atom. The van der Waals surface area contributed by atoms with Crippen LogP contribution < -0.4 is 9.47 Å². The number of aromatic nitrogens is 2. The number of carbonyl (C=O) groups is 1. The standard InChI is InChI=1S/C20H16N2O4/c1-25-18-8-12-13(20(23)24)7-16(22-17(12)9-19(18)26-2)14-10-21-15-6-4-3-5-11(14)15/h3-10,21H,1-2H3,(H,23,24). The summed E-state index contributed by atoms with van der Waals surface area (Å²) in [6, 6.07) is 12.7. The van der Waals surface area contributed by atoms with E-state index in [4.69, 9.17) is 9.47 Å². The molecule has 0 saturated heterocycles. The maximum absolute atomic E-state index is 11.8. The summed E-state index contributed by atoms with van der Waals surface area (Å²) in [5.74, 6) is -0.0604. The van der Waals surface area contributed by atoms with Crippen molar-refractivity contribution in [2.75, 3.05) is 14.2 Å². The highest BCUT2D eigenvalue weighted by molar-refractivity contribution is 6.06. The molecule has 26 heavy (non-hydrogen) atoms. The topological polar surface area (TPSA) is 84.4 Å². The molecule has 0 fully saturated rings. The smallest absolute Gasteiger partial charge is 0.336 e. The van der Waals surface area contributed by atoms with Gasteiger partial charge in [-0.2, -0.15) is 0 Å². The number of aromatic amines is 1. The van der Waals surface area contributed by atoms with Crippen LogP contribution in [0.3, 0.4) is 0 Å². The molecule has 0 saturated carbocycles. The first-order chi connectivity index (χ1) is 12.6. The Kier molecular flexibility index (Phi) is 3.73. The van der Waals surface area contributed by atoms with Crippen LogP contribution in [0.15, 0.2) is 48.7 Å². The molecule has 6 heteroatoms. The fraction of sp³-hybridized carbons (Fsp3) is 0.100. The van der Waals surface area contributed by atoms with Gasteiger partial charge in [0.1, 0.15) is 0 Å². The van der Waals surface area contributed by atoms with Gasteiger partial charge in [0.05, 0.1) is 31.0 Å². The normalized spacial score (nSPS) is 11.0. The number of nitrogens with zero attached hydrogens (tertiary/aromatic N) is 1. The van der Waals surface area contributed by atoms with Gasteiger partial charge < -0.3 is 19.6 Å². The van der Waals surface area contributed by atoms with E-state index in [9.17, 15) is 9.90 Å². The van der Waals surface area contributed by atoms with Crippen molar-refractivity contribution >= 4 is 27.8 Å². The average Bonchev–Trinajstić information content (AvgIpc) is 3.09. The molecule has 4 rings (SSSR count). The lowest BCUT2D eigenvalue weighted by atomic mass is 10.0. The van der Waals surface area contributed by atoms with Gasteiger partial charge in [-0.05, 0) is 18.2 Å². The van der Waals surface area contributed by atoms with Gasteiger partial charge in [0, 0.05) is 34.1 Å². The van der Waals surface area contributed by atoms with Crippen LogP contribution in [0.4, 0.5) is 0 Å². The van der Waals surface area contributed by atoms with Crippen molar-refractivity contribution < 1.29 is 19.4 Å². The Labute approximate surface area is 149 Å². The summed E-state index contributed by atoms with van der Waals surface area (Å²) in [5.41, 5.74) is 3.09. The van der Waals surface area contributed by atoms with Gasteiger partial charge in [0.15, 0.2) is 11.5 Å². The largest absolute Gasteiger partial charge is 0.493 e. The highest BCUT2D eigenvalue weighted by Gasteiger charge is 2.17. The molecular formula is C20H16N2O4. The van der Waals surface area contributed by atoms with Gasteiger partial charge in [-0.1, -0.05) is 18.2 Å². The highest BCUT2D eigenvalue weighted by atomic mass is 16.5. The number of benzene rings is 2. The number of hydrogen-bond donors (Lipinski definition) is 2. The molecule has 2 aromatic carbocycles. The Morgan fingerprint density at radius 1 is 1.04 bits per heavy atom. The minimum absolute atomic E-state index is 0.163. The number of methoxy groups -OCH3 is 2. The van der Waals surface area contributed by atoms with Gasteiger partial charge in [0.2, 0.25) is 0 Å². The molecule has 0 radical (unpaired) electrons. The summed E-state index contributed by atoms with van der Waals surface area (Å²) in [6.45, 7) is 0. The molecule has 0 atom stereocenters. The molecule has 0 aliphatic rings. The van der Waals surface area contributed by atoms with Crippen molar-refractivity contribution in [3.8, 4) is 22.8 Å². The number of aromatic carboxylic acids is 1. The molecule has 0 bridgehead atoms. The first kappa shape index (κ1) is 16.0. The van der Waals surface area contributed by atoms with Crippen molar-refractivity contribution in [3.63, 3.8) is 0 Å². The zero-order valence-electron chi connectivity index (χ0n) is 14.2. The summed E-state index contributed by atoms with van der Waals surface area (Å²) in [7, 11) is 3.04. The second-order valence-corrected chi connectivity index (χ2v) is 5.83. The van der Waals surface area contributed by atoms with E-state index in [1.807, 2.05) is 30.5 Å². The highest BCUT2D eigenvalue weighted by Crippen LogP contribution is 2.36. The zero-order chi connectivity index (χ0) is 18.3. The van der Waals surface area contributed by atoms with Gasteiger partial charge in [-0.3, -0.25) is 0 Å². The van der Waals surface area contributed by atoms with E-state index in [2.05, 4.69) is 9.97 Å². The van der Waals surface area contributed by atoms with Crippen LogP contribution in [0, 0.1) is 0 Å². The van der Waals surface area contributed by atoms with E-state index in [0.29, 0.717) is 28.1 Å². The number of pyridine rings is 1. The second kappa shape index (κ2) is 6.07. The second-order valence-electron chi connectivity index (χ2n) is 5.83. The summed E-state index contributed by atoms with van der Waals surface area (Å²) >= 11 is 0. The monoisotopic (exact) mass is 348 g/mol. The summed E-state index contributed by atoms with van der Waals surface area (Å²) in [5, 5.41) is 11.2. The van der Waals surface area contributed by atoms with Crippen molar-refractivity contribution in [2.24, 2.45) is 0 Å². The maximum Gasteiger partial charge on any atom is 0.336 e. The van der Waals surface area contributed by atoms with E-state index in [0.717, 1.165) is 16.5 Å². The Balaban J connectivity index is 2.04. The third-order valence-electron chi connectivity index (χ3n) is 4.41. The molecule has 0 unspecified atom stereocenters. The van der Waals surface area contributed by atoms with Crippen molar-refractivity contribution in [3.05, 3.63) is 54.2 Å². The third-order valence-corrected chi connectivity index (χ3v) is 4.41. The lowest BCUT2D eigenvalue weighted by Gasteiger charge is -2.11. The molecule has 6 nitrogen and oxygen atoms in total. The SMILES string of the molecule is COc1cc2nc(-c3c[nH]c4ccccc34)cc(C(=O)O)c2cc1OC. The predicted octanol–water partition coefficient (Wildman–Crippen LogP) is 4.10. The number of hydrogen-bond acceptors (Lipinski definition) is 4. The van der Waals surface area contributed by atoms with E-state index in [1.54, 1.807) is 18.2 Å². The van der Waals surface area contributed by atoms with Gasteiger partial charge in [-0.25, -0.2) is 9.78 Å². The van der Waals surface area contributed by atoms with Crippen LogP contribution in [-0.2, 0) is 0 Å². The van der Waals surface area contributed by atoms with E-state index in [1.165, 1.54) is 14.2 Å². The first-order valence-corrected chi connectivity index (χ1v) is 7.99. The Hall–Kier alpha value is -3.54. The number of rotatable bonds is 4. The quantitative estimate of drug-likeness (QED) is 0.580. The molecule has 2 N–H and O–H groups in total. The minimum atomic E-state index is -1.02. The third kappa shape index (κ3) is 2.43. The molecule has 0 amide bonds. The van der Waals surface area contributed by atoms with Crippen LogP contribution in [0.25, 0.3) is 33.1 Å². The van der Waals surface area contributed by atoms with Crippen molar-refractivity contribution in [2.45, 2.75) is 0 Å².